The van der Waals surface area contributed by atoms with E-state index in [-0.39, 0.29) is 18.8 Å². The van der Waals surface area contributed by atoms with Gasteiger partial charge in [0.15, 0.2) is 17.4 Å². The standard InChI is InChI=1S/C12H16F2O4/c1-2-17-6-9(16)7-18-12-10(13)3-8(5-15)4-11(12)14/h3-4,9,15-16H,2,5-7H2,1H3. The van der Waals surface area contributed by atoms with Gasteiger partial charge in [0.05, 0.1) is 13.2 Å². The summed E-state index contributed by atoms with van der Waals surface area (Å²) in [5, 5.41) is 18.2. The van der Waals surface area contributed by atoms with Crippen LogP contribution in [0.25, 0.3) is 0 Å². The van der Waals surface area contributed by atoms with Crippen LogP contribution in [0.2, 0.25) is 0 Å². The van der Waals surface area contributed by atoms with E-state index in [0.717, 1.165) is 12.1 Å². The Labute approximate surface area is 104 Å². The summed E-state index contributed by atoms with van der Waals surface area (Å²) >= 11 is 0. The second-order valence-corrected chi connectivity index (χ2v) is 3.67. The first-order chi connectivity index (χ1) is 8.58. The van der Waals surface area contributed by atoms with E-state index >= 15 is 0 Å². The molecule has 1 atom stereocenters. The van der Waals surface area contributed by atoms with Gasteiger partial charge in [0, 0.05) is 6.61 Å². The molecule has 0 amide bonds. The summed E-state index contributed by atoms with van der Waals surface area (Å²) in [7, 11) is 0. The first kappa shape index (κ1) is 14.8. The van der Waals surface area contributed by atoms with Crippen molar-refractivity contribution in [2.24, 2.45) is 0 Å². The normalized spacial score (nSPS) is 12.5. The molecule has 0 aliphatic heterocycles. The number of aliphatic hydroxyl groups excluding tert-OH is 2. The first-order valence-corrected chi connectivity index (χ1v) is 5.55. The van der Waals surface area contributed by atoms with Crippen molar-refractivity contribution in [1.82, 2.24) is 0 Å². The van der Waals surface area contributed by atoms with Gasteiger partial charge in [0.25, 0.3) is 0 Å². The quantitative estimate of drug-likeness (QED) is 0.776. The van der Waals surface area contributed by atoms with Crippen molar-refractivity contribution < 1.29 is 28.5 Å². The van der Waals surface area contributed by atoms with Crippen LogP contribution >= 0.6 is 0 Å². The van der Waals surface area contributed by atoms with E-state index in [9.17, 15) is 13.9 Å². The van der Waals surface area contributed by atoms with E-state index in [1.165, 1.54) is 0 Å². The van der Waals surface area contributed by atoms with Gasteiger partial charge in [0.2, 0.25) is 0 Å². The maximum atomic E-state index is 13.4. The molecule has 18 heavy (non-hydrogen) atoms. The van der Waals surface area contributed by atoms with E-state index in [1.54, 1.807) is 6.92 Å². The van der Waals surface area contributed by atoms with Gasteiger partial charge < -0.3 is 19.7 Å². The maximum absolute atomic E-state index is 13.4. The predicted octanol–water partition coefficient (Wildman–Crippen LogP) is 1.23. The van der Waals surface area contributed by atoms with Crippen molar-refractivity contribution in [3.8, 4) is 5.75 Å². The number of rotatable bonds is 7. The van der Waals surface area contributed by atoms with E-state index in [1.807, 2.05) is 0 Å². The zero-order chi connectivity index (χ0) is 13.5. The van der Waals surface area contributed by atoms with Crippen molar-refractivity contribution in [2.45, 2.75) is 19.6 Å². The van der Waals surface area contributed by atoms with Crippen LogP contribution in [0.15, 0.2) is 12.1 Å². The highest BCUT2D eigenvalue weighted by Crippen LogP contribution is 2.23. The fourth-order valence-electron chi connectivity index (χ4n) is 1.32. The minimum absolute atomic E-state index is 0.0362. The van der Waals surface area contributed by atoms with Gasteiger partial charge in [-0.05, 0) is 24.6 Å². The lowest BCUT2D eigenvalue weighted by molar-refractivity contribution is 0.0148. The van der Waals surface area contributed by atoms with Crippen LogP contribution in [0, 0.1) is 11.6 Å². The van der Waals surface area contributed by atoms with E-state index in [4.69, 9.17) is 14.6 Å². The highest BCUT2D eigenvalue weighted by Gasteiger charge is 2.14. The first-order valence-electron chi connectivity index (χ1n) is 5.55. The van der Waals surface area contributed by atoms with Crippen molar-refractivity contribution >= 4 is 0 Å². The summed E-state index contributed by atoms with van der Waals surface area (Å²) in [6, 6.07) is 1.96. The average Bonchev–Trinajstić information content (AvgIpc) is 2.34. The third-order valence-corrected chi connectivity index (χ3v) is 2.18. The summed E-state index contributed by atoms with van der Waals surface area (Å²) in [6.07, 6.45) is -0.957. The second-order valence-electron chi connectivity index (χ2n) is 3.67. The molecule has 0 spiro atoms. The Morgan fingerprint density at radius 1 is 1.22 bits per heavy atom. The van der Waals surface area contributed by atoms with Crippen molar-refractivity contribution in [1.29, 1.82) is 0 Å². The molecule has 0 aliphatic rings. The zero-order valence-corrected chi connectivity index (χ0v) is 10.0. The van der Waals surface area contributed by atoms with Gasteiger partial charge in [-0.15, -0.1) is 0 Å². The maximum Gasteiger partial charge on any atom is 0.190 e. The zero-order valence-electron chi connectivity index (χ0n) is 10.0. The smallest absolute Gasteiger partial charge is 0.190 e. The largest absolute Gasteiger partial charge is 0.485 e. The molecular formula is C12H16F2O4. The summed E-state index contributed by atoms with van der Waals surface area (Å²) in [6.45, 7) is 1.51. The predicted molar refractivity (Wildman–Crippen MR) is 60.3 cm³/mol. The van der Waals surface area contributed by atoms with Crippen molar-refractivity contribution in [2.75, 3.05) is 19.8 Å². The van der Waals surface area contributed by atoms with Crippen LogP contribution in [-0.4, -0.2) is 36.1 Å². The minimum atomic E-state index is -0.957. The van der Waals surface area contributed by atoms with Crippen molar-refractivity contribution in [3.05, 3.63) is 29.3 Å². The van der Waals surface area contributed by atoms with Gasteiger partial charge in [-0.1, -0.05) is 0 Å². The molecule has 0 fully saturated rings. The average molecular weight is 262 g/mol. The Hall–Kier alpha value is -1.24. The second kappa shape index (κ2) is 7.25. The molecule has 0 heterocycles. The van der Waals surface area contributed by atoms with Crippen molar-refractivity contribution in [3.63, 3.8) is 0 Å². The number of hydrogen-bond acceptors (Lipinski definition) is 4. The summed E-state index contributed by atoms with van der Waals surface area (Å²) in [4.78, 5) is 0. The van der Waals surface area contributed by atoms with Crippen LogP contribution in [-0.2, 0) is 11.3 Å². The number of hydrogen-bond donors (Lipinski definition) is 2. The van der Waals surface area contributed by atoms with Gasteiger partial charge in [-0.3, -0.25) is 0 Å². The molecule has 0 aliphatic carbocycles. The molecule has 0 radical (unpaired) electrons. The monoisotopic (exact) mass is 262 g/mol. The molecule has 0 saturated heterocycles. The molecule has 4 nitrogen and oxygen atoms in total. The fraction of sp³-hybridized carbons (Fsp3) is 0.500. The van der Waals surface area contributed by atoms with Gasteiger partial charge >= 0.3 is 0 Å². The number of aliphatic hydroxyl groups is 2. The van der Waals surface area contributed by atoms with Crippen LogP contribution in [0.5, 0.6) is 5.75 Å². The van der Waals surface area contributed by atoms with E-state index in [0.29, 0.717) is 6.61 Å². The lowest BCUT2D eigenvalue weighted by Crippen LogP contribution is -2.24. The molecule has 0 saturated carbocycles. The lowest BCUT2D eigenvalue weighted by atomic mass is 10.2. The molecular weight excluding hydrogens is 246 g/mol. The third kappa shape index (κ3) is 4.21. The van der Waals surface area contributed by atoms with Gasteiger partial charge in [-0.2, -0.15) is 0 Å². The van der Waals surface area contributed by atoms with Crippen LogP contribution in [0.3, 0.4) is 0 Å². The van der Waals surface area contributed by atoms with Gasteiger partial charge in [0.1, 0.15) is 12.7 Å². The third-order valence-electron chi connectivity index (χ3n) is 2.18. The Morgan fingerprint density at radius 3 is 2.33 bits per heavy atom. The molecule has 1 aromatic carbocycles. The highest BCUT2D eigenvalue weighted by atomic mass is 19.1. The Bertz CT molecular complexity index is 361. The number of ether oxygens (including phenoxy) is 2. The molecule has 6 heteroatoms. The molecule has 1 aromatic rings. The summed E-state index contributed by atoms with van der Waals surface area (Å²) < 4.78 is 36.6. The van der Waals surface area contributed by atoms with Gasteiger partial charge in [-0.25, -0.2) is 8.78 Å². The summed E-state index contributed by atoms with van der Waals surface area (Å²) in [5.41, 5.74) is 0.118. The number of halogens is 2. The number of benzene rings is 1. The Balaban J connectivity index is 2.62. The molecule has 0 bridgehead atoms. The van der Waals surface area contributed by atoms with Crippen LogP contribution in [0.1, 0.15) is 12.5 Å². The molecule has 1 unspecified atom stereocenters. The summed E-state index contributed by atoms with van der Waals surface area (Å²) in [5.74, 6) is -2.40. The molecule has 102 valence electrons. The fourth-order valence-corrected chi connectivity index (χ4v) is 1.32. The lowest BCUT2D eigenvalue weighted by Gasteiger charge is -2.13. The Kier molecular flexibility index (Phi) is 5.97. The van der Waals surface area contributed by atoms with Crippen LogP contribution < -0.4 is 4.74 Å². The highest BCUT2D eigenvalue weighted by molar-refractivity contribution is 5.31. The Morgan fingerprint density at radius 2 is 1.83 bits per heavy atom. The molecule has 0 aromatic heterocycles. The molecule has 1 rings (SSSR count). The van der Waals surface area contributed by atoms with E-state index in [2.05, 4.69) is 0 Å². The minimum Gasteiger partial charge on any atom is -0.485 e. The SMILES string of the molecule is CCOCC(O)COc1c(F)cc(CO)cc1F. The molecule has 2 N–H and O–H groups in total. The van der Waals surface area contributed by atoms with Crippen LogP contribution in [0.4, 0.5) is 8.78 Å². The topological polar surface area (TPSA) is 58.9 Å². The van der Waals surface area contributed by atoms with E-state index < -0.39 is 30.1 Å².